The summed E-state index contributed by atoms with van der Waals surface area (Å²) in [5.74, 6) is 0.682. The highest BCUT2D eigenvalue weighted by atomic mass is 79.9. The van der Waals surface area contributed by atoms with Crippen molar-refractivity contribution in [3.05, 3.63) is 45.8 Å². The first kappa shape index (κ1) is 14.4. The van der Waals surface area contributed by atoms with Crippen LogP contribution in [0.5, 0.6) is 0 Å². The lowest BCUT2D eigenvalue weighted by Crippen LogP contribution is -2.12. The molecule has 0 aliphatic heterocycles. The van der Waals surface area contributed by atoms with Gasteiger partial charge in [0, 0.05) is 19.1 Å². The van der Waals surface area contributed by atoms with Gasteiger partial charge in [-0.2, -0.15) is 0 Å². The first-order valence-electron chi connectivity index (χ1n) is 5.92. The molecule has 1 heterocycles. The van der Waals surface area contributed by atoms with Crippen molar-refractivity contribution in [1.29, 1.82) is 0 Å². The minimum Gasteiger partial charge on any atom is -0.381 e. The Bertz CT molecular complexity index is 563. The first-order chi connectivity index (χ1) is 9.11. The molecule has 0 aliphatic rings. The summed E-state index contributed by atoms with van der Waals surface area (Å²) in [5, 5.41) is 0.423. The zero-order valence-electron chi connectivity index (χ0n) is 10.7. The molecule has 2 aromatic rings. The van der Waals surface area contributed by atoms with Gasteiger partial charge in [-0.1, -0.05) is 41.9 Å². The third kappa shape index (κ3) is 3.53. The van der Waals surface area contributed by atoms with E-state index >= 15 is 0 Å². The fourth-order valence-electron chi connectivity index (χ4n) is 1.68. The molecule has 3 nitrogen and oxygen atoms in total. The van der Waals surface area contributed by atoms with Crippen LogP contribution in [0.1, 0.15) is 12.7 Å². The molecule has 0 saturated carbocycles. The van der Waals surface area contributed by atoms with Crippen LogP contribution in [0.25, 0.3) is 11.3 Å². The molecule has 0 spiro atoms. The van der Waals surface area contributed by atoms with Gasteiger partial charge in [0.2, 0.25) is 0 Å². The predicted octanol–water partition coefficient (Wildman–Crippen LogP) is 4.14. The molecule has 0 fully saturated rings. The van der Waals surface area contributed by atoms with Crippen LogP contribution >= 0.6 is 27.5 Å². The first-order valence-corrected chi connectivity index (χ1v) is 7.09. The van der Waals surface area contributed by atoms with Gasteiger partial charge in [0.05, 0.1) is 16.3 Å². The SMILES string of the molecule is COC(C)Cc1nc(Cl)c(Br)c(-c2ccccc2)n1. The van der Waals surface area contributed by atoms with Crippen molar-refractivity contribution in [3.63, 3.8) is 0 Å². The maximum Gasteiger partial charge on any atom is 0.147 e. The quantitative estimate of drug-likeness (QED) is 0.784. The molecule has 0 aliphatic carbocycles. The van der Waals surface area contributed by atoms with E-state index in [-0.39, 0.29) is 6.10 Å². The average Bonchev–Trinajstić information content (AvgIpc) is 2.43. The van der Waals surface area contributed by atoms with E-state index < -0.39 is 0 Å². The average molecular weight is 342 g/mol. The van der Waals surface area contributed by atoms with Crippen molar-refractivity contribution in [1.82, 2.24) is 9.97 Å². The summed E-state index contributed by atoms with van der Waals surface area (Å²) in [4.78, 5) is 8.84. The lowest BCUT2D eigenvalue weighted by Gasteiger charge is -2.11. The predicted molar refractivity (Wildman–Crippen MR) is 80.4 cm³/mol. The Kier molecular flexibility index (Phi) is 4.91. The number of methoxy groups -OCH3 is 1. The van der Waals surface area contributed by atoms with Crippen LogP contribution in [0.4, 0.5) is 0 Å². The summed E-state index contributed by atoms with van der Waals surface area (Å²) >= 11 is 9.60. The van der Waals surface area contributed by atoms with Gasteiger partial charge < -0.3 is 4.74 Å². The smallest absolute Gasteiger partial charge is 0.147 e. The van der Waals surface area contributed by atoms with Crippen LogP contribution in [0.3, 0.4) is 0 Å². The largest absolute Gasteiger partial charge is 0.381 e. The van der Waals surface area contributed by atoms with E-state index in [4.69, 9.17) is 16.3 Å². The van der Waals surface area contributed by atoms with Gasteiger partial charge >= 0.3 is 0 Å². The van der Waals surface area contributed by atoms with Crippen LogP contribution < -0.4 is 0 Å². The van der Waals surface area contributed by atoms with Gasteiger partial charge in [-0.15, -0.1) is 0 Å². The zero-order valence-corrected chi connectivity index (χ0v) is 13.1. The Morgan fingerprint density at radius 3 is 2.58 bits per heavy atom. The third-order valence-electron chi connectivity index (χ3n) is 2.78. The number of benzene rings is 1. The highest BCUT2D eigenvalue weighted by Crippen LogP contribution is 2.31. The normalized spacial score (nSPS) is 12.4. The van der Waals surface area contributed by atoms with Gasteiger partial charge in [0.1, 0.15) is 11.0 Å². The Morgan fingerprint density at radius 1 is 1.26 bits per heavy atom. The minimum absolute atomic E-state index is 0.0564. The summed E-state index contributed by atoms with van der Waals surface area (Å²) in [7, 11) is 1.67. The van der Waals surface area contributed by atoms with Gasteiger partial charge in [-0.3, -0.25) is 0 Å². The Labute approximate surface area is 126 Å². The molecule has 0 radical (unpaired) electrons. The molecule has 100 valence electrons. The van der Waals surface area contributed by atoms with E-state index in [2.05, 4.69) is 25.9 Å². The summed E-state index contributed by atoms with van der Waals surface area (Å²) in [6, 6.07) is 9.89. The van der Waals surface area contributed by atoms with Crippen molar-refractivity contribution in [2.75, 3.05) is 7.11 Å². The van der Waals surface area contributed by atoms with Crippen LogP contribution in [-0.2, 0) is 11.2 Å². The molecule has 1 atom stereocenters. The molecule has 2 rings (SSSR count). The summed E-state index contributed by atoms with van der Waals surface area (Å²) in [5.41, 5.74) is 1.81. The Morgan fingerprint density at radius 2 is 1.95 bits per heavy atom. The topological polar surface area (TPSA) is 35.0 Å². The lowest BCUT2D eigenvalue weighted by atomic mass is 10.1. The van der Waals surface area contributed by atoms with Crippen molar-refractivity contribution in [2.45, 2.75) is 19.4 Å². The minimum atomic E-state index is 0.0564. The summed E-state index contributed by atoms with van der Waals surface area (Å²) in [6.07, 6.45) is 0.685. The molecule has 0 amide bonds. The Hall–Kier alpha value is -0.970. The van der Waals surface area contributed by atoms with E-state index in [1.807, 2.05) is 37.3 Å². The second-order valence-electron chi connectivity index (χ2n) is 4.21. The maximum atomic E-state index is 6.16. The van der Waals surface area contributed by atoms with Gasteiger partial charge in [0.15, 0.2) is 0 Å². The monoisotopic (exact) mass is 340 g/mol. The Balaban J connectivity index is 2.43. The highest BCUT2D eigenvalue weighted by molar-refractivity contribution is 9.10. The second-order valence-corrected chi connectivity index (χ2v) is 5.36. The van der Waals surface area contributed by atoms with E-state index in [0.717, 1.165) is 11.3 Å². The molecule has 19 heavy (non-hydrogen) atoms. The fourth-order valence-corrected chi connectivity index (χ4v) is 2.28. The number of halogens is 2. The van der Waals surface area contributed by atoms with E-state index in [1.54, 1.807) is 7.11 Å². The van der Waals surface area contributed by atoms with E-state index in [0.29, 0.717) is 21.9 Å². The van der Waals surface area contributed by atoms with Crippen molar-refractivity contribution in [3.8, 4) is 11.3 Å². The molecule has 1 aromatic carbocycles. The molecule has 1 aromatic heterocycles. The molecule has 0 saturated heterocycles. The fraction of sp³-hybridized carbons (Fsp3) is 0.286. The van der Waals surface area contributed by atoms with Gasteiger partial charge in [-0.05, 0) is 22.9 Å². The summed E-state index contributed by atoms with van der Waals surface area (Å²) in [6.45, 7) is 1.97. The zero-order chi connectivity index (χ0) is 13.8. The van der Waals surface area contributed by atoms with Crippen LogP contribution in [0.2, 0.25) is 5.15 Å². The summed E-state index contributed by atoms with van der Waals surface area (Å²) < 4.78 is 5.95. The number of aromatic nitrogens is 2. The van der Waals surface area contributed by atoms with Crippen LogP contribution in [-0.4, -0.2) is 23.2 Å². The van der Waals surface area contributed by atoms with Crippen molar-refractivity contribution < 1.29 is 4.74 Å². The molecule has 1 unspecified atom stereocenters. The molecular formula is C14H14BrClN2O. The molecule has 0 N–H and O–H groups in total. The number of nitrogens with zero attached hydrogens (tertiary/aromatic N) is 2. The maximum absolute atomic E-state index is 6.16. The van der Waals surface area contributed by atoms with E-state index in [9.17, 15) is 0 Å². The van der Waals surface area contributed by atoms with Gasteiger partial charge in [-0.25, -0.2) is 9.97 Å². The van der Waals surface area contributed by atoms with E-state index in [1.165, 1.54) is 0 Å². The third-order valence-corrected chi connectivity index (χ3v) is 4.03. The number of hydrogen-bond donors (Lipinski definition) is 0. The number of rotatable bonds is 4. The lowest BCUT2D eigenvalue weighted by molar-refractivity contribution is 0.117. The highest BCUT2D eigenvalue weighted by Gasteiger charge is 2.14. The number of hydrogen-bond acceptors (Lipinski definition) is 3. The number of ether oxygens (including phenoxy) is 1. The van der Waals surface area contributed by atoms with Crippen molar-refractivity contribution in [2.24, 2.45) is 0 Å². The second kappa shape index (κ2) is 6.46. The molecule has 0 bridgehead atoms. The molecular weight excluding hydrogens is 328 g/mol. The van der Waals surface area contributed by atoms with Crippen LogP contribution in [0.15, 0.2) is 34.8 Å². The van der Waals surface area contributed by atoms with Crippen molar-refractivity contribution >= 4 is 27.5 Å². The molecule has 5 heteroatoms. The standard InChI is InChI=1S/C14H14BrClN2O/c1-9(19-2)8-11-17-13(12(15)14(16)18-11)10-6-4-3-5-7-10/h3-7,9H,8H2,1-2H3. The van der Waals surface area contributed by atoms with Gasteiger partial charge in [0.25, 0.3) is 0 Å². The van der Waals surface area contributed by atoms with Crippen LogP contribution in [0, 0.1) is 0 Å².